The van der Waals surface area contributed by atoms with Crippen LogP contribution >= 0.6 is 0 Å². The van der Waals surface area contributed by atoms with Crippen molar-refractivity contribution in [3.63, 3.8) is 0 Å². The quantitative estimate of drug-likeness (QED) is 0.896. The fraction of sp³-hybridized carbons (Fsp3) is 0.357. The molecule has 1 amide bonds. The van der Waals surface area contributed by atoms with Gasteiger partial charge in [-0.05, 0) is 31.4 Å². The number of hydrogen-bond donors (Lipinski definition) is 2. The largest absolute Gasteiger partial charge is 0.357 e. The number of piperidine rings is 1. The van der Waals surface area contributed by atoms with Crippen LogP contribution in [-0.4, -0.2) is 34.2 Å². The zero-order valence-electron chi connectivity index (χ0n) is 11.2. The van der Waals surface area contributed by atoms with E-state index in [9.17, 15) is 4.79 Å². The summed E-state index contributed by atoms with van der Waals surface area (Å²) in [4.78, 5) is 18.6. The van der Waals surface area contributed by atoms with Gasteiger partial charge in [0.15, 0.2) is 0 Å². The molecule has 0 unspecified atom stereocenters. The molecule has 2 aromatic heterocycles. The molecule has 1 saturated heterocycles. The number of aromatic amines is 1. The van der Waals surface area contributed by atoms with E-state index in [0.29, 0.717) is 11.3 Å². The van der Waals surface area contributed by atoms with Gasteiger partial charge in [0.05, 0.1) is 23.6 Å². The molecule has 0 atom stereocenters. The highest BCUT2D eigenvalue weighted by Gasteiger charge is 2.12. The lowest BCUT2D eigenvalue weighted by atomic mass is 10.1. The summed E-state index contributed by atoms with van der Waals surface area (Å²) in [5.74, 6) is 0.789. The van der Waals surface area contributed by atoms with Crippen LogP contribution in [0.2, 0.25) is 0 Å². The Hall–Kier alpha value is -2.37. The predicted octanol–water partition coefficient (Wildman–Crippen LogP) is 2.05. The second kappa shape index (κ2) is 5.73. The molecule has 0 spiro atoms. The molecule has 2 N–H and O–H groups in total. The summed E-state index contributed by atoms with van der Waals surface area (Å²) < 4.78 is 0. The Bertz CT molecular complexity index is 558. The Balaban J connectivity index is 1.65. The molecule has 20 heavy (non-hydrogen) atoms. The number of hydrogen-bond acceptors (Lipinski definition) is 4. The fourth-order valence-corrected chi connectivity index (χ4v) is 2.35. The molecule has 0 radical (unpaired) electrons. The molecule has 1 fully saturated rings. The summed E-state index contributed by atoms with van der Waals surface area (Å²) in [6, 6.07) is 3.84. The number of aromatic nitrogens is 3. The predicted molar refractivity (Wildman–Crippen MR) is 76.8 cm³/mol. The zero-order chi connectivity index (χ0) is 13.8. The maximum absolute atomic E-state index is 11.9. The van der Waals surface area contributed by atoms with Crippen molar-refractivity contribution in [2.24, 2.45) is 0 Å². The highest BCUT2D eigenvalue weighted by atomic mass is 16.1. The van der Waals surface area contributed by atoms with E-state index >= 15 is 0 Å². The van der Waals surface area contributed by atoms with E-state index in [1.807, 2.05) is 12.1 Å². The first-order valence-corrected chi connectivity index (χ1v) is 6.84. The van der Waals surface area contributed by atoms with Gasteiger partial charge in [-0.15, -0.1) is 0 Å². The Labute approximate surface area is 117 Å². The van der Waals surface area contributed by atoms with E-state index in [2.05, 4.69) is 25.4 Å². The molecule has 0 bridgehead atoms. The number of carbonyl (C=O) groups is 1. The molecule has 6 heteroatoms. The third kappa shape index (κ3) is 2.79. The Morgan fingerprint density at radius 2 is 2.05 bits per heavy atom. The van der Waals surface area contributed by atoms with Crippen LogP contribution in [0.25, 0.3) is 0 Å². The number of anilines is 2. The second-order valence-corrected chi connectivity index (χ2v) is 4.89. The number of H-pyrrole nitrogens is 1. The van der Waals surface area contributed by atoms with Crippen LogP contribution in [0.5, 0.6) is 0 Å². The maximum Gasteiger partial charge on any atom is 0.258 e. The van der Waals surface area contributed by atoms with Crippen LogP contribution in [-0.2, 0) is 0 Å². The Kier molecular flexibility index (Phi) is 3.62. The van der Waals surface area contributed by atoms with Crippen LogP contribution in [0.3, 0.4) is 0 Å². The monoisotopic (exact) mass is 271 g/mol. The van der Waals surface area contributed by atoms with Crippen LogP contribution in [0.4, 0.5) is 11.5 Å². The van der Waals surface area contributed by atoms with Crippen molar-refractivity contribution in [3.8, 4) is 0 Å². The summed E-state index contributed by atoms with van der Waals surface area (Å²) in [5, 5.41) is 9.16. The summed E-state index contributed by atoms with van der Waals surface area (Å²) >= 11 is 0. The van der Waals surface area contributed by atoms with Crippen molar-refractivity contribution in [2.75, 3.05) is 23.3 Å². The smallest absolute Gasteiger partial charge is 0.258 e. The first-order valence-electron chi connectivity index (χ1n) is 6.84. The summed E-state index contributed by atoms with van der Waals surface area (Å²) in [6.45, 7) is 2.13. The van der Waals surface area contributed by atoms with Crippen LogP contribution in [0.15, 0.2) is 30.7 Å². The Morgan fingerprint density at radius 1 is 1.20 bits per heavy atom. The number of nitrogens with one attached hydrogen (secondary N) is 2. The molecule has 3 heterocycles. The number of carbonyl (C=O) groups excluding carboxylic acids is 1. The van der Waals surface area contributed by atoms with Crippen LogP contribution in [0, 0.1) is 0 Å². The second-order valence-electron chi connectivity index (χ2n) is 4.89. The lowest BCUT2D eigenvalue weighted by molar-refractivity contribution is 0.102. The fourth-order valence-electron chi connectivity index (χ4n) is 2.35. The van der Waals surface area contributed by atoms with Crippen molar-refractivity contribution in [1.82, 2.24) is 15.2 Å². The van der Waals surface area contributed by atoms with Gasteiger partial charge in [-0.25, -0.2) is 4.98 Å². The highest BCUT2D eigenvalue weighted by molar-refractivity contribution is 6.03. The van der Waals surface area contributed by atoms with Crippen molar-refractivity contribution in [2.45, 2.75) is 19.3 Å². The first kappa shape index (κ1) is 12.7. The minimum absolute atomic E-state index is 0.189. The summed E-state index contributed by atoms with van der Waals surface area (Å²) in [7, 11) is 0. The van der Waals surface area contributed by atoms with Gasteiger partial charge in [0.2, 0.25) is 0 Å². The van der Waals surface area contributed by atoms with Crippen molar-refractivity contribution < 1.29 is 4.79 Å². The minimum atomic E-state index is -0.189. The van der Waals surface area contributed by atoms with E-state index in [4.69, 9.17) is 0 Å². The van der Waals surface area contributed by atoms with Crippen LogP contribution in [0.1, 0.15) is 29.6 Å². The number of pyridine rings is 1. The molecular formula is C14H17N5O. The maximum atomic E-state index is 11.9. The topological polar surface area (TPSA) is 73.9 Å². The van der Waals surface area contributed by atoms with E-state index in [1.54, 1.807) is 12.4 Å². The molecule has 0 aliphatic carbocycles. The first-order chi connectivity index (χ1) is 9.83. The van der Waals surface area contributed by atoms with Crippen molar-refractivity contribution in [3.05, 3.63) is 36.3 Å². The normalized spacial score (nSPS) is 15.1. The molecular weight excluding hydrogens is 254 g/mol. The standard InChI is InChI=1S/C14H17N5O/c20-14(11-8-16-17-9-11)18-12-4-5-13(15-10-12)19-6-2-1-3-7-19/h4-5,8-10H,1-3,6-7H2,(H,16,17)(H,18,20). The van der Waals surface area contributed by atoms with E-state index < -0.39 is 0 Å². The average Bonchev–Trinajstić information content (AvgIpc) is 3.03. The van der Waals surface area contributed by atoms with E-state index in [-0.39, 0.29) is 5.91 Å². The highest BCUT2D eigenvalue weighted by Crippen LogP contribution is 2.19. The van der Waals surface area contributed by atoms with Crippen molar-refractivity contribution in [1.29, 1.82) is 0 Å². The number of rotatable bonds is 3. The third-order valence-electron chi connectivity index (χ3n) is 3.45. The SMILES string of the molecule is O=C(Nc1ccc(N2CCCCC2)nc1)c1cn[nH]c1. The van der Waals surface area contributed by atoms with Crippen LogP contribution < -0.4 is 10.2 Å². The molecule has 6 nitrogen and oxygen atoms in total. The number of amides is 1. The number of nitrogens with zero attached hydrogens (tertiary/aromatic N) is 3. The third-order valence-corrected chi connectivity index (χ3v) is 3.45. The van der Waals surface area contributed by atoms with Gasteiger partial charge in [0, 0.05) is 19.3 Å². The molecule has 0 aromatic carbocycles. The Morgan fingerprint density at radius 3 is 2.70 bits per heavy atom. The van der Waals surface area contributed by atoms with Gasteiger partial charge < -0.3 is 10.2 Å². The molecule has 3 rings (SSSR count). The molecule has 1 aliphatic heterocycles. The van der Waals surface area contributed by atoms with E-state index in [1.165, 1.54) is 25.5 Å². The lowest BCUT2D eigenvalue weighted by Crippen LogP contribution is -2.30. The summed E-state index contributed by atoms with van der Waals surface area (Å²) in [6.07, 6.45) is 8.49. The van der Waals surface area contributed by atoms with Crippen molar-refractivity contribution >= 4 is 17.4 Å². The van der Waals surface area contributed by atoms with Gasteiger partial charge in [0.1, 0.15) is 5.82 Å². The zero-order valence-corrected chi connectivity index (χ0v) is 11.2. The molecule has 0 saturated carbocycles. The molecule has 2 aromatic rings. The van der Waals surface area contributed by atoms with E-state index in [0.717, 1.165) is 18.9 Å². The van der Waals surface area contributed by atoms with Gasteiger partial charge in [-0.3, -0.25) is 9.89 Å². The van der Waals surface area contributed by atoms with Gasteiger partial charge in [0.25, 0.3) is 5.91 Å². The average molecular weight is 271 g/mol. The van der Waals surface area contributed by atoms with Gasteiger partial charge in [-0.2, -0.15) is 5.10 Å². The lowest BCUT2D eigenvalue weighted by Gasteiger charge is -2.27. The minimum Gasteiger partial charge on any atom is -0.357 e. The summed E-state index contributed by atoms with van der Waals surface area (Å²) in [5.41, 5.74) is 1.20. The molecule has 104 valence electrons. The molecule has 1 aliphatic rings. The van der Waals surface area contributed by atoms with Gasteiger partial charge >= 0.3 is 0 Å². The van der Waals surface area contributed by atoms with Gasteiger partial charge in [-0.1, -0.05) is 0 Å².